The molecule has 0 saturated carbocycles. The van der Waals surface area contributed by atoms with Gasteiger partial charge in [0.25, 0.3) is 0 Å². The van der Waals surface area contributed by atoms with E-state index in [1.54, 1.807) is 11.8 Å². The number of carbonyl (C=O) groups is 1. The summed E-state index contributed by atoms with van der Waals surface area (Å²) in [5.74, 6) is 0.785. The highest BCUT2D eigenvalue weighted by molar-refractivity contribution is 8.01. The predicted molar refractivity (Wildman–Crippen MR) is 127 cm³/mol. The van der Waals surface area contributed by atoms with Crippen LogP contribution in [-0.4, -0.2) is 49.5 Å². The van der Waals surface area contributed by atoms with Crippen molar-refractivity contribution in [2.45, 2.75) is 43.8 Å². The number of likely N-dealkylation sites (tertiary alicyclic amines) is 1. The number of halogens is 1. The van der Waals surface area contributed by atoms with Crippen LogP contribution in [0.4, 0.5) is 0 Å². The molecule has 0 amide bonds. The van der Waals surface area contributed by atoms with Crippen LogP contribution in [0.2, 0.25) is 0 Å². The first-order valence-electron chi connectivity index (χ1n) is 11.4. The van der Waals surface area contributed by atoms with Crippen LogP contribution in [0, 0.1) is 0 Å². The zero-order valence-electron chi connectivity index (χ0n) is 18.9. The van der Waals surface area contributed by atoms with E-state index in [1.807, 2.05) is 36.4 Å². The molecule has 0 aromatic heterocycles. The van der Waals surface area contributed by atoms with E-state index in [4.69, 9.17) is 4.74 Å². The van der Waals surface area contributed by atoms with Crippen molar-refractivity contribution in [3.8, 4) is 0 Å². The quantitative estimate of drug-likeness (QED) is 0.196. The summed E-state index contributed by atoms with van der Waals surface area (Å²) < 4.78 is 6.23. The van der Waals surface area contributed by atoms with Crippen LogP contribution in [-0.2, 0) is 14.3 Å². The van der Waals surface area contributed by atoms with Gasteiger partial charge in [0.2, 0.25) is 0 Å². The van der Waals surface area contributed by atoms with Gasteiger partial charge in [0.1, 0.15) is 13.2 Å². The molecule has 170 valence electrons. The Balaban J connectivity index is 0.00000341. The molecule has 1 aliphatic rings. The number of nitrogens with zero attached hydrogens (tertiary/aromatic N) is 1. The molecule has 1 saturated heterocycles. The summed E-state index contributed by atoms with van der Waals surface area (Å²) in [5.41, 5.74) is 2.00. The molecular weight excluding hydrogens is 517 g/mol. The van der Waals surface area contributed by atoms with Gasteiger partial charge in [0.15, 0.2) is 4.75 Å². The second kappa shape index (κ2) is 12.9. The number of esters is 1. The molecule has 0 bridgehead atoms. The van der Waals surface area contributed by atoms with Crippen LogP contribution in [0.3, 0.4) is 0 Å². The van der Waals surface area contributed by atoms with Crippen LogP contribution in [0.15, 0.2) is 60.7 Å². The van der Waals surface area contributed by atoms with Crippen LogP contribution < -0.4 is 24.0 Å². The van der Waals surface area contributed by atoms with Gasteiger partial charge in [-0.1, -0.05) is 74.0 Å². The van der Waals surface area contributed by atoms with Gasteiger partial charge in [0.05, 0.1) is 20.1 Å². The first-order valence-corrected chi connectivity index (χ1v) is 12.3. The molecule has 1 fully saturated rings. The molecule has 5 heteroatoms. The minimum absolute atomic E-state index is 0. The zero-order valence-corrected chi connectivity index (χ0v) is 21.9. The molecule has 0 unspecified atom stereocenters. The van der Waals surface area contributed by atoms with E-state index in [2.05, 4.69) is 38.2 Å². The second-order valence-electron chi connectivity index (χ2n) is 8.60. The highest BCUT2D eigenvalue weighted by Gasteiger charge is 2.44. The predicted octanol–water partition coefficient (Wildman–Crippen LogP) is 2.64. The van der Waals surface area contributed by atoms with Crippen molar-refractivity contribution < 1.29 is 38.0 Å². The number of carbonyl (C=O) groups excluding carboxylic acids is 1. The Morgan fingerprint density at radius 3 is 2.03 bits per heavy atom. The normalized spacial score (nSPS) is 15.7. The number of benzene rings is 2. The van der Waals surface area contributed by atoms with Crippen LogP contribution in [0.5, 0.6) is 0 Å². The van der Waals surface area contributed by atoms with Crippen molar-refractivity contribution >= 4 is 17.7 Å². The van der Waals surface area contributed by atoms with E-state index >= 15 is 0 Å². The number of ether oxygens (including phenoxy) is 1. The fourth-order valence-corrected chi connectivity index (χ4v) is 5.82. The standard InChI is InChI=1S/C26H36NO2S.HI/c1-3-4-22-30-26(23-14-8-5-9-15-23,24-16-10-6-11-17-24)25(28)29-21-20-27(2)18-12-7-13-19-27;/h5-6,8-11,14-17H,3-4,7,12-13,18-22H2,1-2H3;1H/q+1;/p-1. The number of hydrogen-bond donors (Lipinski definition) is 0. The van der Waals surface area contributed by atoms with Crippen molar-refractivity contribution in [3.05, 3.63) is 71.8 Å². The summed E-state index contributed by atoms with van der Waals surface area (Å²) >= 11 is 1.71. The molecule has 3 nitrogen and oxygen atoms in total. The number of unbranched alkanes of at least 4 members (excludes halogenated alkanes) is 1. The number of piperidine rings is 1. The average Bonchev–Trinajstić information content (AvgIpc) is 2.78. The Kier molecular flexibility index (Phi) is 10.9. The number of rotatable bonds is 10. The van der Waals surface area contributed by atoms with Gasteiger partial charge in [-0.05, 0) is 42.6 Å². The summed E-state index contributed by atoms with van der Waals surface area (Å²) in [7, 11) is 2.30. The van der Waals surface area contributed by atoms with Gasteiger partial charge in [-0.15, -0.1) is 11.8 Å². The molecule has 0 radical (unpaired) electrons. The average molecular weight is 554 g/mol. The monoisotopic (exact) mass is 553 g/mol. The summed E-state index contributed by atoms with van der Waals surface area (Å²) in [6.07, 6.45) is 6.06. The minimum atomic E-state index is -0.821. The molecule has 0 N–H and O–H groups in total. The van der Waals surface area contributed by atoms with Crippen molar-refractivity contribution in [1.29, 1.82) is 0 Å². The topological polar surface area (TPSA) is 26.3 Å². The first-order chi connectivity index (χ1) is 14.6. The lowest BCUT2D eigenvalue weighted by molar-refractivity contribution is -0.914. The Morgan fingerprint density at radius 2 is 1.52 bits per heavy atom. The van der Waals surface area contributed by atoms with Gasteiger partial charge >= 0.3 is 5.97 Å². The largest absolute Gasteiger partial charge is 1.00 e. The van der Waals surface area contributed by atoms with Crippen LogP contribution >= 0.6 is 11.8 Å². The van der Waals surface area contributed by atoms with E-state index in [1.165, 1.54) is 32.4 Å². The zero-order chi connectivity index (χ0) is 21.3. The van der Waals surface area contributed by atoms with Gasteiger partial charge in [-0.2, -0.15) is 0 Å². The lowest BCUT2D eigenvalue weighted by atomic mass is 9.90. The first kappa shape index (κ1) is 26.2. The number of quaternary nitrogens is 1. The second-order valence-corrected chi connectivity index (χ2v) is 9.91. The third-order valence-electron chi connectivity index (χ3n) is 6.22. The Morgan fingerprint density at radius 1 is 0.968 bits per heavy atom. The fraction of sp³-hybridized carbons (Fsp3) is 0.500. The molecule has 1 heterocycles. The molecule has 0 aliphatic carbocycles. The third-order valence-corrected chi connectivity index (χ3v) is 7.79. The van der Waals surface area contributed by atoms with Crippen molar-refractivity contribution in [1.82, 2.24) is 0 Å². The lowest BCUT2D eigenvalue weighted by Gasteiger charge is -2.38. The smallest absolute Gasteiger partial charge is 0.331 e. The number of thioether (sulfide) groups is 1. The summed E-state index contributed by atoms with van der Waals surface area (Å²) in [6, 6.07) is 20.3. The van der Waals surface area contributed by atoms with E-state index in [-0.39, 0.29) is 29.9 Å². The van der Waals surface area contributed by atoms with E-state index in [9.17, 15) is 4.79 Å². The van der Waals surface area contributed by atoms with E-state index in [0.29, 0.717) is 6.61 Å². The Labute approximate surface area is 209 Å². The maximum Gasteiger partial charge on any atom is 0.331 e. The van der Waals surface area contributed by atoms with Crippen LogP contribution in [0.1, 0.15) is 50.2 Å². The molecule has 2 aromatic carbocycles. The van der Waals surface area contributed by atoms with Crippen LogP contribution in [0.25, 0.3) is 0 Å². The summed E-state index contributed by atoms with van der Waals surface area (Å²) in [4.78, 5) is 13.8. The van der Waals surface area contributed by atoms with Crippen molar-refractivity contribution in [3.63, 3.8) is 0 Å². The Hall–Kier alpha value is -1.05. The lowest BCUT2D eigenvalue weighted by Crippen LogP contribution is -3.00. The minimum Gasteiger partial charge on any atom is -1.00 e. The Bertz CT molecular complexity index is 739. The molecule has 3 rings (SSSR count). The van der Waals surface area contributed by atoms with Gasteiger partial charge in [-0.25, -0.2) is 4.79 Å². The van der Waals surface area contributed by atoms with E-state index in [0.717, 1.165) is 40.7 Å². The molecule has 31 heavy (non-hydrogen) atoms. The van der Waals surface area contributed by atoms with Gasteiger partial charge in [-0.3, -0.25) is 0 Å². The highest BCUT2D eigenvalue weighted by Crippen LogP contribution is 2.44. The van der Waals surface area contributed by atoms with Gasteiger partial charge in [0, 0.05) is 0 Å². The maximum atomic E-state index is 13.8. The van der Waals surface area contributed by atoms with Crippen molar-refractivity contribution in [2.75, 3.05) is 39.0 Å². The molecule has 0 atom stereocenters. The fourth-order valence-electron chi connectivity index (χ4n) is 4.30. The summed E-state index contributed by atoms with van der Waals surface area (Å²) in [5, 5.41) is 0. The number of hydrogen-bond acceptors (Lipinski definition) is 3. The molecule has 2 aromatic rings. The SMILES string of the molecule is CCCCSC(C(=O)OCC[N+]1(C)CCCCC1)(c1ccccc1)c1ccccc1.[I-]. The summed E-state index contributed by atoms with van der Waals surface area (Å²) in [6.45, 7) is 5.93. The van der Waals surface area contributed by atoms with Crippen molar-refractivity contribution in [2.24, 2.45) is 0 Å². The number of likely N-dealkylation sites (N-methyl/N-ethyl adjacent to an activating group) is 1. The van der Waals surface area contributed by atoms with Gasteiger partial charge < -0.3 is 33.2 Å². The highest BCUT2D eigenvalue weighted by atomic mass is 127. The molecular formula is C26H36INO2S. The molecule has 1 aliphatic heterocycles. The maximum absolute atomic E-state index is 13.8. The van der Waals surface area contributed by atoms with E-state index < -0.39 is 4.75 Å². The third kappa shape index (κ3) is 6.72. The molecule has 0 spiro atoms.